The second-order valence-corrected chi connectivity index (χ2v) is 6.12. The lowest BCUT2D eigenvalue weighted by Gasteiger charge is -2.12. The first-order valence-corrected chi connectivity index (χ1v) is 7.50. The fraction of sp³-hybridized carbons (Fsp3) is 0.143. The van der Waals surface area contributed by atoms with Gasteiger partial charge in [-0.1, -0.05) is 0 Å². The Kier molecular flexibility index (Phi) is 4.24. The molecule has 0 bridgehead atoms. The number of benzene rings is 2. The lowest BCUT2D eigenvalue weighted by molar-refractivity contribution is 0.281. The summed E-state index contributed by atoms with van der Waals surface area (Å²) >= 11 is 0. The lowest BCUT2D eigenvalue weighted by atomic mass is 10.1. The third-order valence-electron chi connectivity index (χ3n) is 2.92. The van der Waals surface area contributed by atoms with E-state index in [9.17, 15) is 17.2 Å². The highest BCUT2D eigenvalue weighted by Crippen LogP contribution is 2.23. The van der Waals surface area contributed by atoms with E-state index in [1.807, 2.05) is 0 Å². The molecular formula is C14H13F2NO3S. The van der Waals surface area contributed by atoms with Gasteiger partial charge in [0.25, 0.3) is 10.0 Å². The molecule has 0 spiro atoms. The van der Waals surface area contributed by atoms with Crippen LogP contribution in [0.25, 0.3) is 0 Å². The van der Waals surface area contributed by atoms with Crippen molar-refractivity contribution in [2.24, 2.45) is 0 Å². The molecule has 0 aliphatic rings. The van der Waals surface area contributed by atoms with Crippen LogP contribution in [0.3, 0.4) is 0 Å². The zero-order valence-electron chi connectivity index (χ0n) is 11.1. The Labute approximate surface area is 121 Å². The van der Waals surface area contributed by atoms with Crippen LogP contribution in [0.2, 0.25) is 0 Å². The standard InChI is InChI=1S/C14H13F2NO3S/c1-9-13(16)6-10(8-18)7-14(9)21(19,20)17-12-4-2-11(15)3-5-12/h2-7,17-18H,8H2,1H3. The van der Waals surface area contributed by atoms with E-state index in [2.05, 4.69) is 4.72 Å². The molecule has 2 rings (SSSR count). The first-order valence-electron chi connectivity index (χ1n) is 6.02. The molecule has 7 heteroatoms. The number of aliphatic hydroxyl groups is 1. The second kappa shape index (κ2) is 5.79. The van der Waals surface area contributed by atoms with E-state index in [1.54, 1.807) is 0 Å². The molecule has 4 nitrogen and oxygen atoms in total. The SMILES string of the molecule is Cc1c(F)cc(CO)cc1S(=O)(=O)Nc1ccc(F)cc1. The van der Waals surface area contributed by atoms with Crippen LogP contribution in [0.5, 0.6) is 0 Å². The summed E-state index contributed by atoms with van der Waals surface area (Å²) in [5.74, 6) is -1.22. The number of hydrogen-bond donors (Lipinski definition) is 2. The van der Waals surface area contributed by atoms with E-state index in [0.29, 0.717) is 0 Å². The molecule has 21 heavy (non-hydrogen) atoms. The Bertz CT molecular complexity index is 759. The highest BCUT2D eigenvalue weighted by atomic mass is 32.2. The average Bonchev–Trinajstić information content (AvgIpc) is 2.43. The Hall–Kier alpha value is -1.99. The molecule has 0 aromatic heterocycles. The Morgan fingerprint density at radius 2 is 1.76 bits per heavy atom. The molecule has 0 amide bonds. The number of hydrogen-bond acceptors (Lipinski definition) is 3. The van der Waals surface area contributed by atoms with Gasteiger partial charge in [-0.05, 0) is 48.9 Å². The van der Waals surface area contributed by atoms with Crippen molar-refractivity contribution < 1.29 is 22.3 Å². The summed E-state index contributed by atoms with van der Waals surface area (Å²) in [6.07, 6.45) is 0. The smallest absolute Gasteiger partial charge is 0.262 e. The molecule has 112 valence electrons. The maximum Gasteiger partial charge on any atom is 0.262 e. The molecule has 0 radical (unpaired) electrons. The Morgan fingerprint density at radius 3 is 2.33 bits per heavy atom. The van der Waals surface area contributed by atoms with E-state index in [0.717, 1.165) is 18.2 Å². The van der Waals surface area contributed by atoms with Crippen molar-refractivity contribution in [1.29, 1.82) is 0 Å². The van der Waals surface area contributed by atoms with Gasteiger partial charge in [0, 0.05) is 11.3 Å². The second-order valence-electron chi connectivity index (χ2n) is 4.47. The minimum atomic E-state index is -4.04. The van der Waals surface area contributed by atoms with Gasteiger partial charge in [-0.25, -0.2) is 17.2 Å². The van der Waals surface area contributed by atoms with Gasteiger partial charge in [-0.3, -0.25) is 4.72 Å². The molecule has 2 aromatic rings. The highest BCUT2D eigenvalue weighted by Gasteiger charge is 2.20. The van der Waals surface area contributed by atoms with Crippen LogP contribution in [0.1, 0.15) is 11.1 Å². The Morgan fingerprint density at radius 1 is 1.14 bits per heavy atom. The zero-order valence-corrected chi connectivity index (χ0v) is 11.9. The fourth-order valence-electron chi connectivity index (χ4n) is 1.81. The number of sulfonamides is 1. The summed E-state index contributed by atoms with van der Waals surface area (Å²) in [5.41, 5.74) is 0.255. The van der Waals surface area contributed by atoms with Gasteiger partial charge in [0.2, 0.25) is 0 Å². The van der Waals surface area contributed by atoms with Crippen LogP contribution in [-0.2, 0) is 16.6 Å². The van der Waals surface area contributed by atoms with Crippen molar-refractivity contribution in [2.75, 3.05) is 4.72 Å². The third kappa shape index (κ3) is 3.37. The molecule has 0 unspecified atom stereocenters. The number of halogens is 2. The minimum absolute atomic E-state index is 0.0539. The fourth-order valence-corrected chi connectivity index (χ4v) is 3.17. The topological polar surface area (TPSA) is 66.4 Å². The number of aliphatic hydroxyl groups excluding tert-OH is 1. The summed E-state index contributed by atoms with van der Waals surface area (Å²) in [4.78, 5) is -0.268. The molecule has 2 N–H and O–H groups in total. The summed E-state index contributed by atoms with van der Waals surface area (Å²) in [6.45, 7) is 0.853. The van der Waals surface area contributed by atoms with Crippen molar-refractivity contribution in [1.82, 2.24) is 0 Å². The van der Waals surface area contributed by atoms with Crippen molar-refractivity contribution in [2.45, 2.75) is 18.4 Å². The average molecular weight is 313 g/mol. The zero-order chi connectivity index (χ0) is 15.6. The number of anilines is 1. The first-order chi connectivity index (χ1) is 9.83. The quantitative estimate of drug-likeness (QED) is 0.911. The lowest BCUT2D eigenvalue weighted by Crippen LogP contribution is -2.15. The molecule has 0 saturated carbocycles. The van der Waals surface area contributed by atoms with Crippen LogP contribution < -0.4 is 4.72 Å². The molecule has 2 aromatic carbocycles. The largest absolute Gasteiger partial charge is 0.392 e. The van der Waals surface area contributed by atoms with Crippen LogP contribution in [0, 0.1) is 18.6 Å². The number of nitrogens with one attached hydrogen (secondary N) is 1. The van der Waals surface area contributed by atoms with E-state index < -0.39 is 28.3 Å². The normalized spacial score (nSPS) is 11.4. The summed E-state index contributed by atoms with van der Waals surface area (Å²) in [5, 5.41) is 9.04. The summed E-state index contributed by atoms with van der Waals surface area (Å²) < 4.78 is 53.3. The molecular weight excluding hydrogens is 300 g/mol. The van der Waals surface area contributed by atoms with E-state index in [4.69, 9.17) is 5.11 Å². The monoisotopic (exact) mass is 313 g/mol. The third-order valence-corrected chi connectivity index (χ3v) is 4.43. The van der Waals surface area contributed by atoms with Crippen LogP contribution >= 0.6 is 0 Å². The van der Waals surface area contributed by atoms with E-state index in [-0.39, 0.29) is 21.7 Å². The van der Waals surface area contributed by atoms with Crippen molar-refractivity contribution in [3.05, 3.63) is 59.2 Å². The van der Waals surface area contributed by atoms with Gasteiger partial charge in [-0.15, -0.1) is 0 Å². The molecule has 0 atom stereocenters. The van der Waals surface area contributed by atoms with Crippen LogP contribution in [-0.4, -0.2) is 13.5 Å². The van der Waals surface area contributed by atoms with E-state index in [1.165, 1.54) is 25.1 Å². The molecule has 0 aliphatic heterocycles. The maximum atomic E-state index is 13.7. The Balaban J connectivity index is 2.44. The van der Waals surface area contributed by atoms with Crippen molar-refractivity contribution in [3.8, 4) is 0 Å². The van der Waals surface area contributed by atoms with Crippen LogP contribution in [0.15, 0.2) is 41.3 Å². The van der Waals surface area contributed by atoms with Crippen LogP contribution in [0.4, 0.5) is 14.5 Å². The van der Waals surface area contributed by atoms with E-state index >= 15 is 0 Å². The van der Waals surface area contributed by atoms with Crippen molar-refractivity contribution in [3.63, 3.8) is 0 Å². The molecule has 0 aliphatic carbocycles. The van der Waals surface area contributed by atoms with Gasteiger partial charge in [0.1, 0.15) is 11.6 Å². The molecule has 0 fully saturated rings. The maximum absolute atomic E-state index is 13.7. The molecule has 0 saturated heterocycles. The molecule has 0 heterocycles. The number of rotatable bonds is 4. The van der Waals surface area contributed by atoms with Crippen molar-refractivity contribution >= 4 is 15.7 Å². The van der Waals surface area contributed by atoms with Gasteiger partial charge >= 0.3 is 0 Å². The predicted molar refractivity (Wildman–Crippen MR) is 74.3 cm³/mol. The van der Waals surface area contributed by atoms with Gasteiger partial charge in [0.05, 0.1) is 11.5 Å². The highest BCUT2D eigenvalue weighted by molar-refractivity contribution is 7.92. The minimum Gasteiger partial charge on any atom is -0.392 e. The van der Waals surface area contributed by atoms with Gasteiger partial charge in [0.15, 0.2) is 0 Å². The first kappa shape index (κ1) is 15.4. The predicted octanol–water partition coefficient (Wildman–Crippen LogP) is 2.57. The van der Waals surface area contributed by atoms with Gasteiger partial charge < -0.3 is 5.11 Å². The van der Waals surface area contributed by atoms with Gasteiger partial charge in [-0.2, -0.15) is 0 Å². The summed E-state index contributed by atoms with van der Waals surface area (Å²) in [7, 11) is -4.04. The summed E-state index contributed by atoms with van der Waals surface area (Å²) in [6, 6.07) is 7.00.